The molecule has 0 N–H and O–H groups in total. The van der Waals surface area contributed by atoms with Gasteiger partial charge in [0.05, 0.1) is 12.2 Å². The molecule has 2 atom stereocenters. The molecule has 0 aromatic carbocycles. The van der Waals surface area contributed by atoms with E-state index in [1.54, 1.807) is 10.9 Å². The maximum atomic E-state index is 12.1. The Balaban J connectivity index is 1.98. The van der Waals surface area contributed by atoms with Crippen molar-refractivity contribution in [1.29, 1.82) is 0 Å². The van der Waals surface area contributed by atoms with Crippen molar-refractivity contribution in [1.82, 2.24) is 14.7 Å². The number of aryl methyl sites for hydroxylation is 1. The van der Waals surface area contributed by atoms with Crippen LogP contribution < -0.4 is 0 Å². The average Bonchev–Trinajstić information content (AvgIpc) is 2.63. The molecule has 1 saturated heterocycles. The number of amides is 1. The molecule has 1 aliphatic heterocycles. The van der Waals surface area contributed by atoms with Gasteiger partial charge in [-0.2, -0.15) is 5.10 Å². The lowest BCUT2D eigenvalue weighted by molar-refractivity contribution is -0.144. The second kappa shape index (κ2) is 4.87. The summed E-state index contributed by atoms with van der Waals surface area (Å²) in [4.78, 5) is 14.0. The highest BCUT2D eigenvalue weighted by atomic mass is 16.5. The van der Waals surface area contributed by atoms with E-state index >= 15 is 0 Å². The topological polar surface area (TPSA) is 47.4 Å². The molecule has 2 unspecified atom stereocenters. The number of hydrogen-bond donors (Lipinski definition) is 0. The minimum atomic E-state index is 0.110. The number of aromatic nitrogens is 2. The third kappa shape index (κ3) is 2.85. The largest absolute Gasteiger partial charge is 0.372 e. The fourth-order valence-electron chi connectivity index (χ4n) is 2.17. The standard InChI is InChI=1S/C12H19N3O2/c1-9-4-5-13-15(9)8-12(16)14-6-10(2)17-11(3)7-14/h4-5,10-11H,6-8H2,1-3H3. The Kier molecular flexibility index (Phi) is 3.47. The van der Waals surface area contributed by atoms with Gasteiger partial charge in [0, 0.05) is 25.0 Å². The lowest BCUT2D eigenvalue weighted by Gasteiger charge is -2.35. The summed E-state index contributed by atoms with van der Waals surface area (Å²) >= 11 is 0. The second-order valence-corrected chi connectivity index (χ2v) is 4.69. The van der Waals surface area contributed by atoms with E-state index in [4.69, 9.17) is 4.74 Å². The van der Waals surface area contributed by atoms with Crippen molar-refractivity contribution < 1.29 is 9.53 Å². The van der Waals surface area contributed by atoms with Crippen LogP contribution in [0, 0.1) is 6.92 Å². The number of ether oxygens (including phenoxy) is 1. The molecule has 5 heteroatoms. The maximum Gasteiger partial charge on any atom is 0.244 e. The van der Waals surface area contributed by atoms with Crippen LogP contribution in [0.25, 0.3) is 0 Å². The van der Waals surface area contributed by atoms with E-state index in [1.807, 2.05) is 31.7 Å². The van der Waals surface area contributed by atoms with E-state index in [1.165, 1.54) is 0 Å². The molecular weight excluding hydrogens is 218 g/mol. The maximum absolute atomic E-state index is 12.1. The molecule has 0 bridgehead atoms. The lowest BCUT2D eigenvalue weighted by atomic mass is 10.2. The van der Waals surface area contributed by atoms with Crippen LogP contribution in [-0.4, -0.2) is 45.9 Å². The van der Waals surface area contributed by atoms with E-state index in [0.717, 1.165) is 5.69 Å². The van der Waals surface area contributed by atoms with Crippen LogP contribution in [-0.2, 0) is 16.1 Å². The van der Waals surface area contributed by atoms with Crippen molar-refractivity contribution in [3.05, 3.63) is 18.0 Å². The minimum Gasteiger partial charge on any atom is -0.372 e. The van der Waals surface area contributed by atoms with E-state index in [-0.39, 0.29) is 18.1 Å². The molecular formula is C12H19N3O2. The molecule has 1 amide bonds. The van der Waals surface area contributed by atoms with Crippen LogP contribution in [0.2, 0.25) is 0 Å². The molecule has 1 aromatic heterocycles. The first-order valence-corrected chi connectivity index (χ1v) is 5.98. The van der Waals surface area contributed by atoms with E-state index in [0.29, 0.717) is 19.6 Å². The van der Waals surface area contributed by atoms with Gasteiger partial charge in [-0.25, -0.2) is 0 Å². The SMILES string of the molecule is Cc1ccnn1CC(=O)N1CC(C)OC(C)C1. The predicted octanol–water partition coefficient (Wildman–Crippen LogP) is 0.827. The van der Waals surface area contributed by atoms with Gasteiger partial charge in [-0.15, -0.1) is 0 Å². The molecule has 1 aliphatic rings. The summed E-state index contributed by atoms with van der Waals surface area (Å²) in [6, 6.07) is 1.90. The Morgan fingerprint density at radius 1 is 1.47 bits per heavy atom. The van der Waals surface area contributed by atoms with Crippen LogP contribution >= 0.6 is 0 Å². The summed E-state index contributed by atoms with van der Waals surface area (Å²) in [6.45, 7) is 7.60. The molecule has 17 heavy (non-hydrogen) atoms. The molecule has 0 saturated carbocycles. The van der Waals surface area contributed by atoms with Gasteiger partial charge >= 0.3 is 0 Å². The van der Waals surface area contributed by atoms with Gasteiger partial charge in [0.2, 0.25) is 5.91 Å². The van der Waals surface area contributed by atoms with Gasteiger partial charge in [0.15, 0.2) is 0 Å². The van der Waals surface area contributed by atoms with Crippen molar-refractivity contribution in [3.63, 3.8) is 0 Å². The first-order chi connectivity index (χ1) is 8.06. The summed E-state index contributed by atoms with van der Waals surface area (Å²) in [5, 5.41) is 4.13. The second-order valence-electron chi connectivity index (χ2n) is 4.69. The number of nitrogens with zero attached hydrogens (tertiary/aromatic N) is 3. The zero-order valence-electron chi connectivity index (χ0n) is 10.6. The van der Waals surface area contributed by atoms with Gasteiger partial charge in [-0.1, -0.05) is 0 Å². The third-order valence-electron chi connectivity index (χ3n) is 2.99. The molecule has 2 heterocycles. The number of rotatable bonds is 2. The van der Waals surface area contributed by atoms with Gasteiger partial charge in [-0.3, -0.25) is 9.48 Å². The highest BCUT2D eigenvalue weighted by Gasteiger charge is 2.25. The van der Waals surface area contributed by atoms with Gasteiger partial charge in [0.25, 0.3) is 0 Å². The van der Waals surface area contributed by atoms with Crippen molar-refractivity contribution in [2.45, 2.75) is 39.5 Å². The van der Waals surface area contributed by atoms with Gasteiger partial charge in [0.1, 0.15) is 6.54 Å². The van der Waals surface area contributed by atoms with E-state index in [2.05, 4.69) is 5.10 Å². The molecule has 2 rings (SSSR count). The van der Waals surface area contributed by atoms with E-state index in [9.17, 15) is 4.79 Å². The van der Waals surface area contributed by atoms with Crippen LogP contribution in [0.15, 0.2) is 12.3 Å². The number of morpholine rings is 1. The fourth-order valence-corrected chi connectivity index (χ4v) is 2.17. The predicted molar refractivity (Wildman–Crippen MR) is 63.6 cm³/mol. The molecule has 1 aromatic rings. The summed E-state index contributed by atoms with van der Waals surface area (Å²) in [7, 11) is 0. The highest BCUT2D eigenvalue weighted by molar-refractivity contribution is 5.76. The van der Waals surface area contributed by atoms with E-state index < -0.39 is 0 Å². The highest BCUT2D eigenvalue weighted by Crippen LogP contribution is 2.11. The van der Waals surface area contributed by atoms with Crippen LogP contribution in [0.3, 0.4) is 0 Å². The Hall–Kier alpha value is -1.36. The number of hydrogen-bond acceptors (Lipinski definition) is 3. The van der Waals surface area contributed by atoms with Crippen LogP contribution in [0.1, 0.15) is 19.5 Å². The zero-order valence-corrected chi connectivity index (χ0v) is 10.6. The van der Waals surface area contributed by atoms with Gasteiger partial charge in [-0.05, 0) is 26.8 Å². The number of carbonyl (C=O) groups is 1. The Bertz CT molecular complexity index is 392. The minimum absolute atomic E-state index is 0.110. The van der Waals surface area contributed by atoms with Crippen LogP contribution in [0.4, 0.5) is 0 Å². The molecule has 0 aliphatic carbocycles. The van der Waals surface area contributed by atoms with Crippen molar-refractivity contribution >= 4 is 5.91 Å². The quantitative estimate of drug-likeness (QED) is 0.765. The zero-order chi connectivity index (χ0) is 12.4. The molecule has 0 spiro atoms. The van der Waals surface area contributed by atoms with Gasteiger partial charge < -0.3 is 9.64 Å². The molecule has 5 nitrogen and oxygen atoms in total. The van der Waals surface area contributed by atoms with Crippen molar-refractivity contribution in [2.24, 2.45) is 0 Å². The lowest BCUT2D eigenvalue weighted by Crippen LogP contribution is -2.49. The molecule has 0 radical (unpaired) electrons. The number of carbonyl (C=O) groups excluding carboxylic acids is 1. The van der Waals surface area contributed by atoms with Crippen molar-refractivity contribution in [2.75, 3.05) is 13.1 Å². The third-order valence-corrected chi connectivity index (χ3v) is 2.99. The normalized spacial score (nSPS) is 25.0. The first kappa shape index (κ1) is 12.1. The first-order valence-electron chi connectivity index (χ1n) is 5.98. The fraction of sp³-hybridized carbons (Fsp3) is 0.667. The average molecular weight is 237 g/mol. The Labute approximate surface area is 101 Å². The van der Waals surface area contributed by atoms with Crippen molar-refractivity contribution in [3.8, 4) is 0 Å². The summed E-state index contributed by atoms with van der Waals surface area (Å²) < 4.78 is 7.34. The monoisotopic (exact) mass is 237 g/mol. The summed E-state index contributed by atoms with van der Waals surface area (Å²) in [5.41, 5.74) is 1.01. The Morgan fingerprint density at radius 2 is 2.12 bits per heavy atom. The molecule has 94 valence electrons. The summed E-state index contributed by atoms with van der Waals surface area (Å²) in [6.07, 6.45) is 1.94. The Morgan fingerprint density at radius 3 is 2.65 bits per heavy atom. The molecule has 1 fully saturated rings. The smallest absolute Gasteiger partial charge is 0.244 e. The van der Waals surface area contributed by atoms with Crippen LogP contribution in [0.5, 0.6) is 0 Å². The summed E-state index contributed by atoms with van der Waals surface area (Å²) in [5.74, 6) is 0.110.